The van der Waals surface area contributed by atoms with Gasteiger partial charge in [-0.25, -0.2) is 9.18 Å². The van der Waals surface area contributed by atoms with E-state index < -0.39 is 11.8 Å². The molecule has 0 saturated carbocycles. The summed E-state index contributed by atoms with van der Waals surface area (Å²) in [6.07, 6.45) is 0. The third-order valence-electron chi connectivity index (χ3n) is 3.40. The van der Waals surface area contributed by atoms with Gasteiger partial charge in [-0.15, -0.1) is 0 Å². The Kier molecular flexibility index (Phi) is 5.06. The van der Waals surface area contributed by atoms with Gasteiger partial charge in [0, 0.05) is 18.7 Å². The molecule has 2 aromatic carbocycles. The summed E-state index contributed by atoms with van der Waals surface area (Å²) < 4.78 is 14.2. The van der Waals surface area contributed by atoms with E-state index in [-0.39, 0.29) is 5.56 Å². The first-order valence-corrected chi connectivity index (χ1v) is 6.88. The number of carboxylic acid groups (broad SMARTS) is 1. The Labute approximate surface area is 123 Å². The van der Waals surface area contributed by atoms with E-state index in [0.717, 1.165) is 12.1 Å². The first-order chi connectivity index (χ1) is 10.1. The van der Waals surface area contributed by atoms with E-state index in [2.05, 4.69) is 4.90 Å². The van der Waals surface area contributed by atoms with Gasteiger partial charge in [0.05, 0.1) is 5.56 Å². The molecule has 0 amide bonds. The van der Waals surface area contributed by atoms with Crippen LogP contribution in [0.1, 0.15) is 28.4 Å². The lowest BCUT2D eigenvalue weighted by Crippen LogP contribution is -2.23. The van der Waals surface area contributed by atoms with Crippen LogP contribution in [0.15, 0.2) is 48.5 Å². The Hall–Kier alpha value is -2.20. The molecule has 0 atom stereocenters. The molecule has 4 heteroatoms. The summed E-state index contributed by atoms with van der Waals surface area (Å²) >= 11 is 0. The molecule has 0 aliphatic carbocycles. The molecule has 2 aromatic rings. The van der Waals surface area contributed by atoms with E-state index in [1.54, 1.807) is 12.1 Å². The number of hydrogen-bond acceptors (Lipinski definition) is 2. The van der Waals surface area contributed by atoms with E-state index in [1.165, 1.54) is 6.07 Å². The molecule has 0 aliphatic rings. The predicted molar refractivity (Wildman–Crippen MR) is 79.6 cm³/mol. The maximum Gasteiger partial charge on any atom is 0.338 e. The van der Waals surface area contributed by atoms with E-state index in [4.69, 9.17) is 5.11 Å². The van der Waals surface area contributed by atoms with Gasteiger partial charge in [-0.2, -0.15) is 0 Å². The molecule has 3 nitrogen and oxygen atoms in total. The minimum absolute atomic E-state index is 0.275. The molecule has 2 rings (SSSR count). The monoisotopic (exact) mass is 287 g/mol. The summed E-state index contributed by atoms with van der Waals surface area (Å²) in [5.74, 6) is -1.88. The van der Waals surface area contributed by atoms with Crippen LogP contribution in [0.3, 0.4) is 0 Å². The maximum absolute atomic E-state index is 14.2. The van der Waals surface area contributed by atoms with Gasteiger partial charge in [0.2, 0.25) is 0 Å². The number of aromatic carboxylic acids is 1. The second-order valence-corrected chi connectivity index (χ2v) is 4.87. The van der Waals surface area contributed by atoms with Crippen LogP contribution in [-0.2, 0) is 13.1 Å². The molecule has 0 aromatic heterocycles. The fraction of sp³-hybridized carbons (Fsp3) is 0.235. The zero-order valence-corrected chi connectivity index (χ0v) is 11.9. The number of carbonyl (C=O) groups is 1. The van der Waals surface area contributed by atoms with Crippen LogP contribution in [-0.4, -0.2) is 22.5 Å². The highest BCUT2D eigenvalue weighted by Crippen LogP contribution is 2.16. The van der Waals surface area contributed by atoms with Crippen LogP contribution in [0.5, 0.6) is 0 Å². The summed E-state index contributed by atoms with van der Waals surface area (Å²) in [6, 6.07) is 14.4. The van der Waals surface area contributed by atoms with Crippen LogP contribution >= 0.6 is 0 Å². The molecule has 0 bridgehead atoms. The van der Waals surface area contributed by atoms with Crippen molar-refractivity contribution in [3.05, 3.63) is 71.0 Å². The summed E-state index contributed by atoms with van der Waals surface area (Å²) in [5.41, 5.74) is 1.28. The first-order valence-electron chi connectivity index (χ1n) is 6.88. The summed E-state index contributed by atoms with van der Waals surface area (Å²) in [4.78, 5) is 13.0. The van der Waals surface area contributed by atoms with Crippen molar-refractivity contribution in [3.63, 3.8) is 0 Å². The van der Waals surface area contributed by atoms with Crippen molar-refractivity contribution in [1.82, 2.24) is 4.90 Å². The third kappa shape index (κ3) is 3.89. The quantitative estimate of drug-likeness (QED) is 0.883. The van der Waals surface area contributed by atoms with Gasteiger partial charge in [0.15, 0.2) is 0 Å². The fourth-order valence-corrected chi connectivity index (χ4v) is 2.23. The van der Waals surface area contributed by atoms with Gasteiger partial charge in [-0.05, 0) is 18.2 Å². The van der Waals surface area contributed by atoms with Crippen molar-refractivity contribution in [3.8, 4) is 0 Å². The van der Waals surface area contributed by atoms with Crippen LogP contribution in [0.4, 0.5) is 4.39 Å². The highest BCUT2D eigenvalue weighted by Gasteiger charge is 2.15. The lowest BCUT2D eigenvalue weighted by molar-refractivity contribution is 0.0691. The molecule has 0 heterocycles. The topological polar surface area (TPSA) is 40.5 Å². The first kappa shape index (κ1) is 15.2. The average molecular weight is 287 g/mol. The maximum atomic E-state index is 14.2. The number of nitrogens with zero attached hydrogens (tertiary/aromatic N) is 1. The third-order valence-corrected chi connectivity index (χ3v) is 3.40. The standard InChI is InChI=1S/C17H18FNO2/c1-2-19(11-13-7-4-3-5-8-13)12-14-9-6-10-15(16(14)18)17(20)21/h3-10H,2,11-12H2,1H3,(H,20,21). The molecule has 0 radical (unpaired) electrons. The second kappa shape index (κ2) is 6.99. The van der Waals surface area contributed by atoms with Gasteiger partial charge in [-0.3, -0.25) is 4.90 Å². The number of halogens is 1. The molecule has 1 N–H and O–H groups in total. The van der Waals surface area contributed by atoms with Gasteiger partial charge in [-0.1, -0.05) is 49.4 Å². The van der Waals surface area contributed by atoms with Gasteiger partial charge in [0.1, 0.15) is 5.82 Å². The normalized spacial score (nSPS) is 10.8. The molecular weight excluding hydrogens is 269 g/mol. The Balaban J connectivity index is 2.15. The Morgan fingerprint density at radius 2 is 1.81 bits per heavy atom. The summed E-state index contributed by atoms with van der Waals surface area (Å²) in [6.45, 7) is 3.85. The highest BCUT2D eigenvalue weighted by molar-refractivity contribution is 5.88. The van der Waals surface area contributed by atoms with Crippen molar-refractivity contribution in [2.75, 3.05) is 6.54 Å². The molecule has 0 aliphatic heterocycles. The SMILES string of the molecule is CCN(Cc1ccccc1)Cc1cccc(C(=O)O)c1F. The average Bonchev–Trinajstić information content (AvgIpc) is 2.49. The molecule has 110 valence electrons. The van der Waals surface area contributed by atoms with Crippen LogP contribution < -0.4 is 0 Å². The Morgan fingerprint density at radius 1 is 1.10 bits per heavy atom. The van der Waals surface area contributed by atoms with E-state index in [1.807, 2.05) is 37.3 Å². The van der Waals surface area contributed by atoms with Crippen molar-refractivity contribution in [1.29, 1.82) is 0 Å². The van der Waals surface area contributed by atoms with Crippen molar-refractivity contribution >= 4 is 5.97 Å². The van der Waals surface area contributed by atoms with Gasteiger partial charge >= 0.3 is 5.97 Å². The number of benzene rings is 2. The number of hydrogen-bond donors (Lipinski definition) is 1. The van der Waals surface area contributed by atoms with Crippen molar-refractivity contribution in [2.45, 2.75) is 20.0 Å². The molecule has 0 fully saturated rings. The van der Waals surface area contributed by atoms with Crippen LogP contribution in [0.25, 0.3) is 0 Å². The van der Waals surface area contributed by atoms with Gasteiger partial charge < -0.3 is 5.11 Å². The smallest absolute Gasteiger partial charge is 0.338 e. The molecule has 21 heavy (non-hydrogen) atoms. The van der Waals surface area contributed by atoms with E-state index >= 15 is 0 Å². The van der Waals surface area contributed by atoms with Gasteiger partial charge in [0.25, 0.3) is 0 Å². The van der Waals surface area contributed by atoms with E-state index in [9.17, 15) is 9.18 Å². The zero-order chi connectivity index (χ0) is 15.2. The largest absolute Gasteiger partial charge is 0.478 e. The zero-order valence-electron chi connectivity index (χ0n) is 11.9. The van der Waals surface area contributed by atoms with Crippen LogP contribution in [0.2, 0.25) is 0 Å². The summed E-state index contributed by atoms with van der Waals surface area (Å²) in [7, 11) is 0. The van der Waals surface area contributed by atoms with Crippen molar-refractivity contribution < 1.29 is 14.3 Å². The lowest BCUT2D eigenvalue weighted by Gasteiger charge is -2.21. The molecular formula is C17H18FNO2. The minimum Gasteiger partial charge on any atom is -0.478 e. The van der Waals surface area contributed by atoms with E-state index in [0.29, 0.717) is 18.7 Å². The predicted octanol–water partition coefficient (Wildman–Crippen LogP) is 3.55. The van der Waals surface area contributed by atoms with Crippen molar-refractivity contribution in [2.24, 2.45) is 0 Å². The lowest BCUT2D eigenvalue weighted by atomic mass is 10.1. The number of carboxylic acids is 1. The van der Waals surface area contributed by atoms with Crippen LogP contribution in [0, 0.1) is 5.82 Å². The molecule has 0 unspecified atom stereocenters. The fourth-order valence-electron chi connectivity index (χ4n) is 2.23. The second-order valence-electron chi connectivity index (χ2n) is 4.87. The Morgan fingerprint density at radius 3 is 2.43 bits per heavy atom. The minimum atomic E-state index is -1.24. The summed E-state index contributed by atoms with van der Waals surface area (Å²) in [5, 5.41) is 8.96. The Bertz CT molecular complexity index is 613. The molecule has 0 saturated heterocycles. The highest BCUT2D eigenvalue weighted by atomic mass is 19.1. The number of rotatable bonds is 6. The molecule has 0 spiro atoms.